The van der Waals surface area contributed by atoms with E-state index in [2.05, 4.69) is 33.0 Å². The van der Waals surface area contributed by atoms with Gasteiger partial charge in [-0.2, -0.15) is 0 Å². The van der Waals surface area contributed by atoms with Gasteiger partial charge in [0.25, 0.3) is 0 Å². The van der Waals surface area contributed by atoms with E-state index in [1.807, 2.05) is 0 Å². The Bertz CT molecular complexity index is 247. The van der Waals surface area contributed by atoms with E-state index in [0.717, 1.165) is 24.6 Å². The van der Waals surface area contributed by atoms with Crippen molar-refractivity contribution in [2.24, 2.45) is 5.92 Å². The van der Waals surface area contributed by atoms with Crippen molar-refractivity contribution in [2.45, 2.75) is 70.6 Å². The Morgan fingerprint density at radius 3 is 2.59 bits per heavy atom. The molecule has 0 amide bonds. The average molecular weight is 259 g/mol. The molecule has 3 heteroatoms. The standard InChI is InChI=1S/C14H29NOS/c1-12-7-5-8-13(11-12)17(16)10-6-9-15-14(2,3)4/h12-13,15H,5-11H2,1-4H3. The van der Waals surface area contributed by atoms with Gasteiger partial charge in [0.15, 0.2) is 0 Å². The second-order valence-corrected chi connectivity index (χ2v) is 8.35. The van der Waals surface area contributed by atoms with Gasteiger partial charge in [0, 0.05) is 27.3 Å². The van der Waals surface area contributed by atoms with Crippen molar-refractivity contribution < 1.29 is 4.21 Å². The van der Waals surface area contributed by atoms with Crippen LogP contribution >= 0.6 is 0 Å². The van der Waals surface area contributed by atoms with Crippen molar-refractivity contribution in [3.63, 3.8) is 0 Å². The minimum absolute atomic E-state index is 0.181. The Balaban J connectivity index is 2.16. The molecule has 0 aromatic heterocycles. The molecule has 0 aromatic rings. The molecule has 0 bridgehead atoms. The normalized spacial score (nSPS) is 28.0. The van der Waals surface area contributed by atoms with Crippen molar-refractivity contribution in [3.05, 3.63) is 0 Å². The van der Waals surface area contributed by atoms with E-state index in [4.69, 9.17) is 0 Å². The van der Waals surface area contributed by atoms with Crippen LogP contribution in [0, 0.1) is 5.92 Å². The van der Waals surface area contributed by atoms with Crippen LogP contribution in [0.2, 0.25) is 0 Å². The molecule has 1 rings (SSSR count). The summed E-state index contributed by atoms with van der Waals surface area (Å²) < 4.78 is 12.2. The first kappa shape index (κ1) is 15.2. The second-order valence-electron chi connectivity index (χ2n) is 6.51. The molecule has 17 heavy (non-hydrogen) atoms. The fourth-order valence-electron chi connectivity index (χ4n) is 2.46. The van der Waals surface area contributed by atoms with E-state index >= 15 is 0 Å². The van der Waals surface area contributed by atoms with Crippen molar-refractivity contribution in [2.75, 3.05) is 12.3 Å². The van der Waals surface area contributed by atoms with Gasteiger partial charge in [0.1, 0.15) is 0 Å². The van der Waals surface area contributed by atoms with Gasteiger partial charge in [-0.3, -0.25) is 4.21 Å². The predicted molar refractivity (Wildman–Crippen MR) is 76.8 cm³/mol. The first-order valence-electron chi connectivity index (χ1n) is 7.00. The summed E-state index contributed by atoms with van der Waals surface area (Å²) in [5.74, 6) is 1.66. The lowest BCUT2D eigenvalue weighted by Crippen LogP contribution is -2.37. The summed E-state index contributed by atoms with van der Waals surface area (Å²) >= 11 is 0. The van der Waals surface area contributed by atoms with Gasteiger partial charge < -0.3 is 5.32 Å². The molecule has 0 spiro atoms. The van der Waals surface area contributed by atoms with Gasteiger partial charge in [-0.1, -0.05) is 19.8 Å². The Labute approximate surface area is 109 Å². The van der Waals surface area contributed by atoms with Gasteiger partial charge in [-0.25, -0.2) is 0 Å². The Kier molecular flexibility index (Phi) is 6.14. The summed E-state index contributed by atoms with van der Waals surface area (Å²) in [6.07, 6.45) is 6.01. The minimum atomic E-state index is -0.595. The van der Waals surface area contributed by atoms with E-state index in [-0.39, 0.29) is 5.54 Å². The zero-order valence-corrected chi connectivity index (χ0v) is 12.7. The van der Waals surface area contributed by atoms with Crippen molar-refractivity contribution in [3.8, 4) is 0 Å². The summed E-state index contributed by atoms with van der Waals surface area (Å²) in [6, 6.07) is 0. The van der Waals surface area contributed by atoms with Crippen LogP contribution in [0.4, 0.5) is 0 Å². The van der Waals surface area contributed by atoms with Gasteiger partial charge >= 0.3 is 0 Å². The van der Waals surface area contributed by atoms with Gasteiger partial charge in [0.2, 0.25) is 0 Å². The van der Waals surface area contributed by atoms with Gasteiger partial charge in [0.05, 0.1) is 0 Å². The molecular formula is C14H29NOS. The Morgan fingerprint density at radius 2 is 2.00 bits per heavy atom. The van der Waals surface area contributed by atoms with E-state index in [0.29, 0.717) is 5.25 Å². The molecule has 1 fully saturated rings. The summed E-state index contributed by atoms with van der Waals surface area (Å²) in [7, 11) is -0.595. The van der Waals surface area contributed by atoms with E-state index in [9.17, 15) is 4.21 Å². The number of hydrogen-bond acceptors (Lipinski definition) is 2. The third kappa shape index (κ3) is 6.56. The number of rotatable bonds is 5. The molecule has 3 unspecified atom stereocenters. The molecule has 1 aliphatic carbocycles. The molecule has 102 valence electrons. The lowest BCUT2D eigenvalue weighted by atomic mass is 9.91. The van der Waals surface area contributed by atoms with Crippen molar-refractivity contribution in [1.82, 2.24) is 5.32 Å². The van der Waals surface area contributed by atoms with Crippen LogP contribution in [-0.4, -0.2) is 27.3 Å². The molecule has 1 N–H and O–H groups in total. The van der Waals surface area contributed by atoms with Gasteiger partial charge in [-0.05, 0) is 52.5 Å². The third-order valence-electron chi connectivity index (χ3n) is 3.44. The van der Waals surface area contributed by atoms with Crippen molar-refractivity contribution >= 4 is 10.8 Å². The van der Waals surface area contributed by atoms with Crippen LogP contribution in [0.15, 0.2) is 0 Å². The molecule has 0 radical (unpaired) electrons. The SMILES string of the molecule is CC1CCCC(S(=O)CCCNC(C)(C)C)C1. The highest BCUT2D eigenvalue weighted by atomic mass is 32.2. The molecular weight excluding hydrogens is 230 g/mol. The van der Waals surface area contributed by atoms with Crippen LogP contribution in [-0.2, 0) is 10.8 Å². The molecule has 0 saturated heterocycles. The summed E-state index contributed by atoms with van der Waals surface area (Å²) in [4.78, 5) is 0. The maximum absolute atomic E-state index is 12.2. The van der Waals surface area contributed by atoms with Crippen LogP contribution < -0.4 is 5.32 Å². The molecule has 0 heterocycles. The quantitative estimate of drug-likeness (QED) is 0.769. The topological polar surface area (TPSA) is 29.1 Å². The average Bonchev–Trinajstić information content (AvgIpc) is 2.23. The van der Waals surface area contributed by atoms with Crippen molar-refractivity contribution in [1.29, 1.82) is 0 Å². The Morgan fingerprint density at radius 1 is 1.29 bits per heavy atom. The zero-order valence-electron chi connectivity index (χ0n) is 11.9. The van der Waals surface area contributed by atoms with Crippen LogP contribution in [0.5, 0.6) is 0 Å². The fraction of sp³-hybridized carbons (Fsp3) is 1.00. The maximum Gasteiger partial charge on any atom is 0.0350 e. The molecule has 0 aromatic carbocycles. The molecule has 1 saturated carbocycles. The highest BCUT2D eigenvalue weighted by molar-refractivity contribution is 7.85. The fourth-order valence-corrected chi connectivity index (χ4v) is 4.20. The molecule has 3 atom stereocenters. The predicted octanol–water partition coefficient (Wildman–Crippen LogP) is 3.09. The summed E-state index contributed by atoms with van der Waals surface area (Å²) in [5, 5.41) is 3.93. The molecule has 0 aliphatic heterocycles. The van der Waals surface area contributed by atoms with Crippen LogP contribution in [0.1, 0.15) is 59.8 Å². The first-order valence-corrected chi connectivity index (χ1v) is 8.39. The lowest BCUT2D eigenvalue weighted by Gasteiger charge is -2.26. The monoisotopic (exact) mass is 259 g/mol. The largest absolute Gasteiger partial charge is 0.312 e. The smallest absolute Gasteiger partial charge is 0.0350 e. The minimum Gasteiger partial charge on any atom is -0.312 e. The van der Waals surface area contributed by atoms with E-state index < -0.39 is 10.8 Å². The Hall–Kier alpha value is 0.110. The van der Waals surface area contributed by atoms with E-state index in [1.165, 1.54) is 25.7 Å². The highest BCUT2D eigenvalue weighted by Crippen LogP contribution is 2.27. The zero-order chi connectivity index (χ0) is 12.9. The van der Waals surface area contributed by atoms with Crippen LogP contribution in [0.25, 0.3) is 0 Å². The maximum atomic E-state index is 12.2. The third-order valence-corrected chi connectivity index (χ3v) is 5.30. The lowest BCUT2D eigenvalue weighted by molar-refractivity contribution is 0.388. The van der Waals surface area contributed by atoms with E-state index in [1.54, 1.807) is 0 Å². The second kappa shape index (κ2) is 6.89. The number of hydrogen-bond donors (Lipinski definition) is 1. The van der Waals surface area contributed by atoms with Crippen LogP contribution in [0.3, 0.4) is 0 Å². The highest BCUT2D eigenvalue weighted by Gasteiger charge is 2.23. The molecule has 1 aliphatic rings. The summed E-state index contributed by atoms with van der Waals surface area (Å²) in [6.45, 7) is 9.80. The first-order chi connectivity index (χ1) is 7.88. The molecule has 2 nitrogen and oxygen atoms in total. The van der Waals surface area contributed by atoms with Gasteiger partial charge in [-0.15, -0.1) is 0 Å². The number of nitrogens with one attached hydrogen (secondary N) is 1. The summed E-state index contributed by atoms with van der Waals surface area (Å²) in [5.41, 5.74) is 0.181.